The summed E-state index contributed by atoms with van der Waals surface area (Å²) in [7, 11) is 0. The fraction of sp³-hybridized carbons (Fsp3) is 0.364. The van der Waals surface area contributed by atoms with E-state index in [0.29, 0.717) is 53.0 Å². The highest BCUT2D eigenvalue weighted by Gasteiger charge is 2.21. The highest BCUT2D eigenvalue weighted by atomic mass is 16.6. The van der Waals surface area contributed by atoms with Crippen LogP contribution < -0.4 is 15.0 Å². The molecular formula is C22H21N5O3. The molecule has 3 aromatic heterocycles. The Morgan fingerprint density at radius 2 is 1.83 bits per heavy atom. The molecule has 2 aliphatic rings. The van der Waals surface area contributed by atoms with Crippen molar-refractivity contribution in [3.63, 3.8) is 0 Å². The lowest BCUT2D eigenvalue weighted by molar-refractivity contribution is 0.171. The van der Waals surface area contributed by atoms with Crippen LogP contribution in [-0.4, -0.2) is 37.4 Å². The smallest absolute Gasteiger partial charge is 0.266 e. The van der Waals surface area contributed by atoms with Gasteiger partial charge in [0.1, 0.15) is 13.2 Å². The molecular weight excluding hydrogens is 382 g/mol. The van der Waals surface area contributed by atoms with Gasteiger partial charge >= 0.3 is 0 Å². The minimum Gasteiger partial charge on any atom is -0.486 e. The first-order chi connectivity index (χ1) is 14.8. The first-order valence-corrected chi connectivity index (χ1v) is 10.4. The Labute approximate surface area is 172 Å². The third-order valence-electron chi connectivity index (χ3n) is 6.02. The van der Waals surface area contributed by atoms with Crippen molar-refractivity contribution < 1.29 is 9.47 Å². The van der Waals surface area contributed by atoms with Crippen LogP contribution in [0.25, 0.3) is 22.4 Å². The number of fused-ring (bicyclic) bond motifs is 4. The van der Waals surface area contributed by atoms with E-state index in [-0.39, 0.29) is 5.56 Å². The topological polar surface area (TPSA) is 83.5 Å². The molecule has 4 heterocycles. The van der Waals surface area contributed by atoms with Crippen LogP contribution in [0.4, 0.5) is 0 Å². The summed E-state index contributed by atoms with van der Waals surface area (Å²) in [6.07, 6.45) is 9.31. The van der Waals surface area contributed by atoms with Gasteiger partial charge in [0, 0.05) is 24.4 Å². The Morgan fingerprint density at radius 1 is 1.00 bits per heavy atom. The van der Waals surface area contributed by atoms with Crippen molar-refractivity contribution in [1.29, 1.82) is 0 Å². The zero-order chi connectivity index (χ0) is 20.1. The molecule has 0 bridgehead atoms. The molecule has 0 unspecified atom stereocenters. The maximum Gasteiger partial charge on any atom is 0.266 e. The van der Waals surface area contributed by atoms with Crippen molar-refractivity contribution in [2.45, 2.75) is 38.0 Å². The van der Waals surface area contributed by atoms with E-state index in [2.05, 4.69) is 9.97 Å². The van der Waals surface area contributed by atoms with E-state index in [1.165, 1.54) is 19.3 Å². The number of ether oxygens (including phenoxy) is 2. The standard InChI is InChI=1S/C22H21N5O3/c28-21-16-13-23-22-24-20(14-4-2-1-3-5-14)25-27(22)17(16)8-9-26(21)15-6-7-18-19(12-15)30-11-10-29-18/h6-9,12-14H,1-5,10-11H2. The van der Waals surface area contributed by atoms with Crippen LogP contribution in [0.2, 0.25) is 0 Å². The summed E-state index contributed by atoms with van der Waals surface area (Å²) in [6.45, 7) is 1.03. The lowest BCUT2D eigenvalue weighted by Gasteiger charge is -2.19. The molecule has 0 spiro atoms. The molecule has 4 aromatic rings. The molecule has 1 fully saturated rings. The molecule has 152 valence electrons. The van der Waals surface area contributed by atoms with E-state index < -0.39 is 0 Å². The first kappa shape index (κ1) is 17.4. The highest BCUT2D eigenvalue weighted by Crippen LogP contribution is 2.32. The number of benzene rings is 1. The Hall–Kier alpha value is -3.42. The van der Waals surface area contributed by atoms with Gasteiger partial charge in [0.25, 0.3) is 11.3 Å². The summed E-state index contributed by atoms with van der Waals surface area (Å²) in [5, 5.41) is 5.22. The van der Waals surface area contributed by atoms with E-state index in [0.717, 1.165) is 18.7 Å². The number of hydrogen-bond acceptors (Lipinski definition) is 6. The second kappa shape index (κ2) is 6.83. The Bertz CT molecular complexity index is 1320. The van der Waals surface area contributed by atoms with Gasteiger partial charge in [-0.2, -0.15) is 9.50 Å². The molecule has 8 heteroatoms. The molecule has 0 amide bonds. The van der Waals surface area contributed by atoms with Gasteiger partial charge < -0.3 is 9.47 Å². The summed E-state index contributed by atoms with van der Waals surface area (Å²) < 4.78 is 14.5. The van der Waals surface area contributed by atoms with Crippen LogP contribution >= 0.6 is 0 Å². The number of rotatable bonds is 2. The number of nitrogens with zero attached hydrogens (tertiary/aromatic N) is 5. The zero-order valence-corrected chi connectivity index (χ0v) is 16.5. The van der Waals surface area contributed by atoms with E-state index >= 15 is 0 Å². The van der Waals surface area contributed by atoms with Crippen LogP contribution in [0.5, 0.6) is 11.5 Å². The second-order valence-electron chi connectivity index (χ2n) is 7.89. The van der Waals surface area contributed by atoms with E-state index in [1.54, 1.807) is 21.5 Å². The van der Waals surface area contributed by atoms with Gasteiger partial charge in [-0.25, -0.2) is 4.98 Å². The van der Waals surface area contributed by atoms with Gasteiger partial charge in [-0.05, 0) is 31.0 Å². The normalized spacial score (nSPS) is 16.9. The highest BCUT2D eigenvalue weighted by molar-refractivity contribution is 5.79. The van der Waals surface area contributed by atoms with Crippen molar-refractivity contribution in [3.05, 3.63) is 52.8 Å². The van der Waals surface area contributed by atoms with Crippen LogP contribution in [0.3, 0.4) is 0 Å². The fourth-order valence-corrected chi connectivity index (χ4v) is 4.45. The predicted molar refractivity (Wildman–Crippen MR) is 111 cm³/mol. The molecule has 8 nitrogen and oxygen atoms in total. The van der Waals surface area contributed by atoms with E-state index in [9.17, 15) is 4.79 Å². The minimum atomic E-state index is -0.159. The average Bonchev–Trinajstić information content (AvgIpc) is 3.24. The lowest BCUT2D eigenvalue weighted by atomic mass is 9.89. The van der Waals surface area contributed by atoms with E-state index in [4.69, 9.17) is 14.6 Å². The molecule has 30 heavy (non-hydrogen) atoms. The average molecular weight is 403 g/mol. The summed E-state index contributed by atoms with van der Waals surface area (Å²) in [4.78, 5) is 22.3. The maximum absolute atomic E-state index is 13.2. The third kappa shape index (κ3) is 2.74. The SMILES string of the molecule is O=c1c2cnc3nc(C4CCCCC4)nn3c2ccn1-c1ccc2c(c1)OCCO2. The largest absolute Gasteiger partial charge is 0.486 e. The molecule has 0 atom stereocenters. The quantitative estimate of drug-likeness (QED) is 0.511. The molecule has 6 rings (SSSR count). The monoisotopic (exact) mass is 403 g/mol. The Kier molecular flexibility index (Phi) is 3.97. The summed E-state index contributed by atoms with van der Waals surface area (Å²) in [6, 6.07) is 7.39. The van der Waals surface area contributed by atoms with Crippen LogP contribution in [0.1, 0.15) is 43.8 Å². The summed E-state index contributed by atoms with van der Waals surface area (Å²) in [5.74, 6) is 3.10. The van der Waals surface area contributed by atoms with Gasteiger partial charge in [-0.3, -0.25) is 9.36 Å². The van der Waals surface area contributed by atoms with Crippen LogP contribution in [0.15, 0.2) is 41.5 Å². The summed E-state index contributed by atoms with van der Waals surface area (Å²) in [5.41, 5.74) is 1.27. The molecule has 1 aliphatic carbocycles. The van der Waals surface area contributed by atoms with Crippen molar-refractivity contribution >= 4 is 16.7 Å². The van der Waals surface area contributed by atoms with Crippen LogP contribution in [0, 0.1) is 0 Å². The minimum absolute atomic E-state index is 0.159. The Morgan fingerprint density at radius 3 is 2.70 bits per heavy atom. The third-order valence-corrected chi connectivity index (χ3v) is 6.02. The van der Waals surface area contributed by atoms with Crippen molar-refractivity contribution in [3.8, 4) is 17.2 Å². The van der Waals surface area contributed by atoms with Gasteiger partial charge in [0.05, 0.1) is 16.6 Å². The number of hydrogen-bond donors (Lipinski definition) is 0. The van der Waals surface area contributed by atoms with Crippen LogP contribution in [-0.2, 0) is 0 Å². The molecule has 1 aliphatic heterocycles. The Balaban J connectivity index is 1.46. The van der Waals surface area contributed by atoms with Gasteiger partial charge in [-0.1, -0.05) is 19.3 Å². The first-order valence-electron chi connectivity index (χ1n) is 10.4. The van der Waals surface area contributed by atoms with Gasteiger partial charge in [-0.15, -0.1) is 5.10 Å². The fourth-order valence-electron chi connectivity index (χ4n) is 4.45. The number of aromatic nitrogens is 5. The molecule has 0 saturated heterocycles. The van der Waals surface area contributed by atoms with Gasteiger partial charge in [0.15, 0.2) is 17.3 Å². The maximum atomic E-state index is 13.2. The molecule has 1 saturated carbocycles. The predicted octanol–water partition coefficient (Wildman–Crippen LogP) is 3.25. The zero-order valence-electron chi connectivity index (χ0n) is 16.5. The van der Waals surface area contributed by atoms with Gasteiger partial charge in [0.2, 0.25) is 0 Å². The van der Waals surface area contributed by atoms with Crippen molar-refractivity contribution in [2.24, 2.45) is 0 Å². The van der Waals surface area contributed by atoms with Crippen molar-refractivity contribution in [2.75, 3.05) is 13.2 Å². The summed E-state index contributed by atoms with van der Waals surface area (Å²) >= 11 is 0. The molecule has 0 radical (unpaired) electrons. The molecule has 1 aromatic carbocycles. The second-order valence-corrected chi connectivity index (χ2v) is 7.89. The van der Waals surface area contributed by atoms with E-state index in [1.807, 2.05) is 24.3 Å². The van der Waals surface area contributed by atoms with Crippen molar-refractivity contribution in [1.82, 2.24) is 24.1 Å². The number of pyridine rings is 1. The lowest BCUT2D eigenvalue weighted by Crippen LogP contribution is -2.20. The molecule has 0 N–H and O–H groups in total.